The molecule has 0 fully saturated rings. The second-order valence-corrected chi connectivity index (χ2v) is 2.94. The lowest BCUT2D eigenvalue weighted by atomic mass is 10.3. The molecule has 1 aromatic heterocycles. The summed E-state index contributed by atoms with van der Waals surface area (Å²) < 4.78 is 32.4. The van der Waals surface area contributed by atoms with Gasteiger partial charge in [-0.25, -0.2) is 9.78 Å². The first-order chi connectivity index (χ1) is 7.54. The molecule has 1 aromatic rings. The maximum absolute atomic E-state index is 11.8. The summed E-state index contributed by atoms with van der Waals surface area (Å²) in [5, 5.41) is -0.239. The molecule has 0 atom stereocenters. The van der Waals surface area contributed by atoms with E-state index >= 15 is 0 Å². The number of nitrogens with zero attached hydrogens (tertiary/aromatic N) is 1. The van der Waals surface area contributed by atoms with Crippen LogP contribution in [0.3, 0.4) is 0 Å². The van der Waals surface area contributed by atoms with Crippen LogP contribution in [0.4, 0.5) is 8.78 Å². The zero-order chi connectivity index (χ0) is 12.1. The zero-order valence-corrected chi connectivity index (χ0v) is 9.00. The van der Waals surface area contributed by atoms with Gasteiger partial charge in [-0.3, -0.25) is 0 Å². The summed E-state index contributed by atoms with van der Waals surface area (Å²) in [4.78, 5) is 14.7. The number of aromatic nitrogens is 1. The molecule has 1 heterocycles. The van der Waals surface area contributed by atoms with Gasteiger partial charge in [0.25, 0.3) is 0 Å². The fraction of sp³-hybridized carbons (Fsp3) is 0.333. The Morgan fingerprint density at radius 1 is 1.56 bits per heavy atom. The van der Waals surface area contributed by atoms with Crippen molar-refractivity contribution in [3.8, 4) is 5.88 Å². The molecule has 0 aromatic carbocycles. The second-order valence-electron chi connectivity index (χ2n) is 2.59. The predicted octanol–water partition coefficient (Wildman–Crippen LogP) is 2.51. The average molecular weight is 252 g/mol. The lowest BCUT2D eigenvalue weighted by Crippen LogP contribution is -2.08. The quantitative estimate of drug-likeness (QED) is 0.609. The van der Waals surface area contributed by atoms with E-state index in [9.17, 15) is 13.6 Å². The Bertz CT molecular complexity index is 387. The molecule has 0 amide bonds. The zero-order valence-electron chi connectivity index (χ0n) is 8.25. The van der Waals surface area contributed by atoms with E-state index in [-0.39, 0.29) is 23.2 Å². The summed E-state index contributed by atoms with van der Waals surface area (Å²) in [7, 11) is 0. The van der Waals surface area contributed by atoms with Crippen LogP contribution >= 0.6 is 11.6 Å². The van der Waals surface area contributed by atoms with Crippen molar-refractivity contribution < 1.29 is 23.0 Å². The molecular formula is C9H8ClF2NO3. The van der Waals surface area contributed by atoms with Crippen molar-refractivity contribution in [3.05, 3.63) is 22.8 Å². The molecule has 88 valence electrons. The molecule has 0 N–H and O–H groups in total. The molecule has 0 spiro atoms. The van der Waals surface area contributed by atoms with Crippen molar-refractivity contribution in [1.82, 2.24) is 4.98 Å². The van der Waals surface area contributed by atoms with E-state index in [0.29, 0.717) is 0 Å². The molecule has 0 bridgehead atoms. The Morgan fingerprint density at radius 3 is 2.75 bits per heavy atom. The summed E-state index contributed by atoms with van der Waals surface area (Å²) in [5.41, 5.74) is 0.00475. The Morgan fingerprint density at radius 2 is 2.25 bits per heavy atom. The fourth-order valence-corrected chi connectivity index (χ4v) is 1.16. The van der Waals surface area contributed by atoms with Gasteiger partial charge in [0.05, 0.1) is 12.2 Å². The largest absolute Gasteiger partial charge is 0.462 e. The highest BCUT2D eigenvalue weighted by atomic mass is 35.5. The van der Waals surface area contributed by atoms with E-state index in [4.69, 9.17) is 11.6 Å². The van der Waals surface area contributed by atoms with Crippen LogP contribution in [-0.2, 0) is 4.74 Å². The van der Waals surface area contributed by atoms with Crippen LogP contribution < -0.4 is 4.74 Å². The maximum atomic E-state index is 11.8. The summed E-state index contributed by atoms with van der Waals surface area (Å²) >= 11 is 5.61. The van der Waals surface area contributed by atoms with Gasteiger partial charge in [-0.15, -0.1) is 0 Å². The van der Waals surface area contributed by atoms with Crippen molar-refractivity contribution in [2.75, 3.05) is 6.61 Å². The molecule has 0 saturated carbocycles. The standard InChI is InChI=1S/C9H8ClF2NO3/c1-2-15-8(14)5-3-4-6(13-7(5)10)16-9(11)12/h3-4,9H,2H2,1H3. The smallest absolute Gasteiger partial charge is 0.388 e. The summed E-state index contributed by atoms with van der Waals surface area (Å²) in [6, 6.07) is 2.33. The van der Waals surface area contributed by atoms with Gasteiger partial charge >= 0.3 is 12.6 Å². The highest BCUT2D eigenvalue weighted by molar-refractivity contribution is 6.32. The Labute approximate surface area is 95.1 Å². The highest BCUT2D eigenvalue weighted by Crippen LogP contribution is 2.19. The first kappa shape index (κ1) is 12.6. The van der Waals surface area contributed by atoms with Gasteiger partial charge in [-0.2, -0.15) is 8.78 Å². The number of carbonyl (C=O) groups excluding carboxylic acids is 1. The molecule has 0 saturated heterocycles. The summed E-state index contributed by atoms with van der Waals surface area (Å²) in [6.45, 7) is -1.17. The number of carbonyl (C=O) groups is 1. The predicted molar refractivity (Wildman–Crippen MR) is 51.8 cm³/mol. The van der Waals surface area contributed by atoms with Gasteiger partial charge in [0.15, 0.2) is 0 Å². The molecule has 7 heteroatoms. The molecule has 0 unspecified atom stereocenters. The Balaban J connectivity index is 2.87. The van der Waals surface area contributed by atoms with Crippen molar-refractivity contribution in [3.63, 3.8) is 0 Å². The third-order valence-electron chi connectivity index (χ3n) is 1.53. The van der Waals surface area contributed by atoms with Crippen molar-refractivity contribution in [1.29, 1.82) is 0 Å². The van der Waals surface area contributed by atoms with Gasteiger partial charge in [-0.1, -0.05) is 11.6 Å². The molecule has 0 aliphatic rings. The summed E-state index contributed by atoms with van der Waals surface area (Å²) in [6.07, 6.45) is 0. The molecule has 0 aliphatic heterocycles. The number of alkyl halides is 2. The van der Waals surface area contributed by atoms with Crippen molar-refractivity contribution >= 4 is 17.6 Å². The third kappa shape index (κ3) is 3.30. The number of halogens is 3. The van der Waals surface area contributed by atoms with Gasteiger partial charge in [0.2, 0.25) is 5.88 Å². The van der Waals surface area contributed by atoms with Crippen LogP contribution in [0.2, 0.25) is 5.15 Å². The molecule has 16 heavy (non-hydrogen) atoms. The molecule has 1 rings (SSSR count). The Hall–Kier alpha value is -1.43. The minimum absolute atomic E-state index is 0.00475. The monoisotopic (exact) mass is 251 g/mol. The molecule has 0 aliphatic carbocycles. The van der Waals surface area contributed by atoms with Gasteiger partial charge < -0.3 is 9.47 Å². The van der Waals surface area contributed by atoms with Crippen LogP contribution in [0.15, 0.2) is 12.1 Å². The van der Waals surface area contributed by atoms with E-state index in [2.05, 4.69) is 14.5 Å². The average Bonchev–Trinajstić information content (AvgIpc) is 2.16. The fourth-order valence-electron chi connectivity index (χ4n) is 0.936. The minimum Gasteiger partial charge on any atom is -0.462 e. The number of pyridine rings is 1. The van der Waals surface area contributed by atoms with E-state index < -0.39 is 12.6 Å². The minimum atomic E-state index is -2.99. The van der Waals surface area contributed by atoms with Crippen molar-refractivity contribution in [2.45, 2.75) is 13.5 Å². The maximum Gasteiger partial charge on any atom is 0.388 e. The number of esters is 1. The SMILES string of the molecule is CCOC(=O)c1ccc(OC(F)F)nc1Cl. The van der Waals surface area contributed by atoms with Crippen LogP contribution in [0.25, 0.3) is 0 Å². The number of hydrogen-bond acceptors (Lipinski definition) is 4. The number of rotatable bonds is 4. The van der Waals surface area contributed by atoms with Gasteiger partial charge in [0.1, 0.15) is 5.15 Å². The van der Waals surface area contributed by atoms with E-state index in [1.807, 2.05) is 0 Å². The van der Waals surface area contributed by atoms with Gasteiger partial charge in [0, 0.05) is 6.07 Å². The lowest BCUT2D eigenvalue weighted by Gasteiger charge is -2.06. The second kappa shape index (κ2) is 5.60. The topological polar surface area (TPSA) is 48.4 Å². The molecular weight excluding hydrogens is 244 g/mol. The lowest BCUT2D eigenvalue weighted by molar-refractivity contribution is -0.0528. The van der Waals surface area contributed by atoms with Crippen LogP contribution in [0.5, 0.6) is 5.88 Å². The summed E-state index contributed by atoms with van der Waals surface area (Å²) in [5.74, 6) is -1.02. The number of ether oxygens (including phenoxy) is 2. The van der Waals surface area contributed by atoms with Gasteiger partial charge in [-0.05, 0) is 13.0 Å². The normalized spacial score (nSPS) is 10.3. The number of hydrogen-bond donors (Lipinski definition) is 0. The van der Waals surface area contributed by atoms with E-state index in [1.165, 1.54) is 6.07 Å². The first-order valence-corrected chi connectivity index (χ1v) is 4.71. The molecule has 0 radical (unpaired) electrons. The highest BCUT2D eigenvalue weighted by Gasteiger charge is 2.14. The Kier molecular flexibility index (Phi) is 4.42. The third-order valence-corrected chi connectivity index (χ3v) is 1.82. The van der Waals surface area contributed by atoms with Crippen molar-refractivity contribution in [2.24, 2.45) is 0 Å². The molecule has 4 nitrogen and oxygen atoms in total. The van der Waals surface area contributed by atoms with Crippen LogP contribution in [0, 0.1) is 0 Å². The van der Waals surface area contributed by atoms with E-state index in [1.54, 1.807) is 6.92 Å². The first-order valence-electron chi connectivity index (χ1n) is 4.33. The van der Waals surface area contributed by atoms with E-state index in [0.717, 1.165) is 6.07 Å². The van der Waals surface area contributed by atoms with Crippen LogP contribution in [0.1, 0.15) is 17.3 Å². The van der Waals surface area contributed by atoms with Crippen LogP contribution in [-0.4, -0.2) is 24.2 Å².